The Balaban J connectivity index is 2.29. The molecule has 2 unspecified atom stereocenters. The third-order valence-electron chi connectivity index (χ3n) is 3.50. The molecule has 0 bridgehead atoms. The highest BCUT2D eigenvalue weighted by molar-refractivity contribution is 5.87. The Kier molecular flexibility index (Phi) is 3.87. The van der Waals surface area contributed by atoms with Crippen LogP contribution < -0.4 is 10.2 Å². The molecule has 2 N–H and O–H groups in total. The van der Waals surface area contributed by atoms with Crippen molar-refractivity contribution >= 4 is 11.6 Å². The number of carbonyl (C=O) groups is 1. The molecule has 1 amide bonds. The molecule has 4 nitrogen and oxygen atoms in total. The van der Waals surface area contributed by atoms with E-state index in [1.807, 2.05) is 17.0 Å². The summed E-state index contributed by atoms with van der Waals surface area (Å²) in [7, 11) is 0. The van der Waals surface area contributed by atoms with Crippen molar-refractivity contribution in [3.05, 3.63) is 29.8 Å². The SMILES string of the molecule is CCc1ccc(N2C(C)CNC(=O)C2CO)cc1. The minimum atomic E-state index is -0.485. The number of hydrogen-bond acceptors (Lipinski definition) is 3. The molecule has 98 valence electrons. The summed E-state index contributed by atoms with van der Waals surface area (Å²) in [6, 6.07) is 7.90. The second kappa shape index (κ2) is 5.40. The summed E-state index contributed by atoms with van der Waals surface area (Å²) < 4.78 is 0. The molecule has 1 aliphatic rings. The van der Waals surface area contributed by atoms with Crippen molar-refractivity contribution in [1.29, 1.82) is 0 Å². The smallest absolute Gasteiger partial charge is 0.245 e. The van der Waals surface area contributed by atoms with Crippen molar-refractivity contribution in [3.8, 4) is 0 Å². The van der Waals surface area contributed by atoms with Gasteiger partial charge in [-0.3, -0.25) is 4.79 Å². The Morgan fingerprint density at radius 3 is 2.61 bits per heavy atom. The lowest BCUT2D eigenvalue weighted by Crippen LogP contribution is -2.61. The topological polar surface area (TPSA) is 52.6 Å². The normalized spacial score (nSPS) is 23.9. The van der Waals surface area contributed by atoms with Gasteiger partial charge in [-0.1, -0.05) is 19.1 Å². The first-order valence-corrected chi connectivity index (χ1v) is 6.43. The number of anilines is 1. The number of nitrogens with one attached hydrogen (secondary N) is 1. The van der Waals surface area contributed by atoms with Crippen molar-refractivity contribution in [3.63, 3.8) is 0 Å². The van der Waals surface area contributed by atoms with E-state index in [4.69, 9.17) is 0 Å². The summed E-state index contributed by atoms with van der Waals surface area (Å²) in [5, 5.41) is 12.2. The van der Waals surface area contributed by atoms with E-state index in [1.165, 1.54) is 5.56 Å². The largest absolute Gasteiger partial charge is 0.394 e. The van der Waals surface area contributed by atoms with E-state index in [2.05, 4.69) is 31.3 Å². The Morgan fingerprint density at radius 2 is 2.06 bits per heavy atom. The molecule has 1 saturated heterocycles. The maximum Gasteiger partial charge on any atom is 0.245 e. The molecule has 1 aromatic rings. The maximum atomic E-state index is 11.8. The average molecular weight is 248 g/mol. The van der Waals surface area contributed by atoms with Gasteiger partial charge in [-0.15, -0.1) is 0 Å². The number of hydrogen-bond donors (Lipinski definition) is 2. The van der Waals surface area contributed by atoms with Crippen LogP contribution in [0.15, 0.2) is 24.3 Å². The van der Waals surface area contributed by atoms with Crippen LogP contribution in [0.25, 0.3) is 0 Å². The quantitative estimate of drug-likeness (QED) is 0.837. The summed E-state index contributed by atoms with van der Waals surface area (Å²) in [4.78, 5) is 13.8. The van der Waals surface area contributed by atoms with Gasteiger partial charge in [0.05, 0.1) is 6.61 Å². The molecular weight excluding hydrogens is 228 g/mol. The number of carbonyl (C=O) groups excluding carboxylic acids is 1. The number of aryl methyl sites for hydroxylation is 1. The summed E-state index contributed by atoms with van der Waals surface area (Å²) in [5.74, 6) is -0.102. The third kappa shape index (κ3) is 2.34. The van der Waals surface area contributed by atoms with Gasteiger partial charge in [-0.2, -0.15) is 0 Å². The summed E-state index contributed by atoms with van der Waals surface area (Å²) in [5.41, 5.74) is 2.27. The molecule has 0 radical (unpaired) electrons. The molecule has 0 spiro atoms. The fraction of sp³-hybridized carbons (Fsp3) is 0.500. The van der Waals surface area contributed by atoms with E-state index in [1.54, 1.807) is 0 Å². The van der Waals surface area contributed by atoms with Crippen LogP contribution in [-0.4, -0.2) is 36.2 Å². The lowest BCUT2D eigenvalue weighted by Gasteiger charge is -2.41. The summed E-state index contributed by atoms with van der Waals surface area (Å²) >= 11 is 0. The lowest BCUT2D eigenvalue weighted by atomic mass is 10.1. The molecule has 1 fully saturated rings. The minimum absolute atomic E-state index is 0.102. The molecule has 1 aromatic carbocycles. The molecule has 0 aromatic heterocycles. The van der Waals surface area contributed by atoms with E-state index in [9.17, 15) is 9.90 Å². The summed E-state index contributed by atoms with van der Waals surface area (Å²) in [6.07, 6.45) is 1.000. The van der Waals surface area contributed by atoms with E-state index in [0.717, 1.165) is 12.1 Å². The first kappa shape index (κ1) is 12.9. The van der Waals surface area contributed by atoms with Crippen molar-refractivity contribution in [2.45, 2.75) is 32.4 Å². The zero-order valence-corrected chi connectivity index (χ0v) is 10.9. The molecule has 4 heteroatoms. The molecule has 0 aliphatic carbocycles. The highest BCUT2D eigenvalue weighted by Gasteiger charge is 2.33. The van der Waals surface area contributed by atoms with Gasteiger partial charge in [0.2, 0.25) is 5.91 Å². The predicted octanol–water partition coefficient (Wildman–Crippen LogP) is 0.935. The zero-order chi connectivity index (χ0) is 13.1. The Labute approximate surface area is 108 Å². The molecule has 1 aliphatic heterocycles. The Bertz CT molecular complexity index is 416. The number of piperazine rings is 1. The van der Waals surface area contributed by atoms with Crippen LogP contribution in [0.1, 0.15) is 19.4 Å². The molecule has 2 atom stereocenters. The second-order valence-electron chi connectivity index (χ2n) is 4.72. The van der Waals surface area contributed by atoms with Gasteiger partial charge in [0.25, 0.3) is 0 Å². The zero-order valence-electron chi connectivity index (χ0n) is 10.9. The van der Waals surface area contributed by atoms with Crippen LogP contribution in [0.3, 0.4) is 0 Å². The number of aliphatic hydroxyl groups excluding tert-OH is 1. The second-order valence-corrected chi connectivity index (χ2v) is 4.72. The first-order chi connectivity index (χ1) is 8.67. The van der Waals surface area contributed by atoms with E-state index in [0.29, 0.717) is 6.54 Å². The predicted molar refractivity (Wildman–Crippen MR) is 71.6 cm³/mol. The van der Waals surface area contributed by atoms with Gasteiger partial charge in [0.1, 0.15) is 6.04 Å². The van der Waals surface area contributed by atoms with E-state index >= 15 is 0 Å². The molecule has 18 heavy (non-hydrogen) atoms. The number of rotatable bonds is 3. The lowest BCUT2D eigenvalue weighted by molar-refractivity contribution is -0.124. The van der Waals surface area contributed by atoms with Gasteiger partial charge in [0, 0.05) is 18.3 Å². The van der Waals surface area contributed by atoms with Crippen LogP contribution in [0.4, 0.5) is 5.69 Å². The fourth-order valence-corrected chi connectivity index (χ4v) is 2.41. The fourth-order valence-electron chi connectivity index (χ4n) is 2.41. The van der Waals surface area contributed by atoms with Crippen molar-refractivity contribution in [1.82, 2.24) is 5.32 Å². The van der Waals surface area contributed by atoms with Crippen LogP contribution in [0, 0.1) is 0 Å². The van der Waals surface area contributed by atoms with Crippen LogP contribution in [0.2, 0.25) is 0 Å². The minimum Gasteiger partial charge on any atom is -0.394 e. The average Bonchev–Trinajstić information content (AvgIpc) is 2.41. The van der Waals surface area contributed by atoms with Gasteiger partial charge in [0.15, 0.2) is 0 Å². The van der Waals surface area contributed by atoms with Crippen LogP contribution >= 0.6 is 0 Å². The molecule has 1 heterocycles. The molecule has 0 saturated carbocycles. The Hall–Kier alpha value is -1.55. The highest BCUT2D eigenvalue weighted by atomic mass is 16.3. The summed E-state index contributed by atoms with van der Waals surface area (Å²) in [6.45, 7) is 4.62. The monoisotopic (exact) mass is 248 g/mol. The van der Waals surface area contributed by atoms with Gasteiger partial charge in [-0.05, 0) is 31.0 Å². The first-order valence-electron chi connectivity index (χ1n) is 6.43. The van der Waals surface area contributed by atoms with Gasteiger partial charge in [-0.25, -0.2) is 0 Å². The standard InChI is InChI=1S/C14H20N2O2/c1-3-11-4-6-12(7-5-11)16-10(2)8-15-14(18)13(16)9-17/h4-7,10,13,17H,3,8-9H2,1-2H3,(H,15,18). The number of amides is 1. The van der Waals surface area contributed by atoms with Gasteiger partial charge >= 0.3 is 0 Å². The van der Waals surface area contributed by atoms with Crippen LogP contribution in [-0.2, 0) is 11.2 Å². The number of aliphatic hydroxyl groups is 1. The Morgan fingerprint density at radius 1 is 1.39 bits per heavy atom. The maximum absolute atomic E-state index is 11.8. The van der Waals surface area contributed by atoms with Crippen LogP contribution in [0.5, 0.6) is 0 Å². The van der Waals surface area contributed by atoms with Crippen molar-refractivity contribution in [2.75, 3.05) is 18.1 Å². The van der Waals surface area contributed by atoms with Crippen molar-refractivity contribution < 1.29 is 9.90 Å². The number of nitrogens with zero attached hydrogens (tertiary/aromatic N) is 1. The van der Waals surface area contributed by atoms with Crippen molar-refractivity contribution in [2.24, 2.45) is 0 Å². The number of benzene rings is 1. The van der Waals surface area contributed by atoms with E-state index < -0.39 is 6.04 Å². The van der Waals surface area contributed by atoms with Gasteiger partial charge < -0.3 is 15.3 Å². The highest BCUT2D eigenvalue weighted by Crippen LogP contribution is 2.23. The third-order valence-corrected chi connectivity index (χ3v) is 3.50. The molecule has 2 rings (SSSR count). The molecular formula is C14H20N2O2. The van der Waals surface area contributed by atoms with E-state index in [-0.39, 0.29) is 18.6 Å².